The molecule has 2 aromatic carbocycles. The van der Waals surface area contributed by atoms with E-state index in [-0.39, 0.29) is 5.04 Å². The van der Waals surface area contributed by atoms with E-state index in [0.29, 0.717) is 0 Å². The quantitative estimate of drug-likeness (QED) is 0.561. The van der Waals surface area contributed by atoms with Crippen LogP contribution in [0.5, 0.6) is 0 Å². The lowest BCUT2D eigenvalue weighted by molar-refractivity contribution is -0.120. The van der Waals surface area contributed by atoms with Crippen LogP contribution in [0.3, 0.4) is 0 Å². The Labute approximate surface area is 140 Å². The normalized spacial score (nSPS) is 12.9. The number of carbonyl (C=O) groups excluding carboxylic acids is 1. The summed E-state index contributed by atoms with van der Waals surface area (Å²) in [5, 5.41) is 0.0187. The van der Waals surface area contributed by atoms with E-state index in [1.807, 2.05) is 60.7 Å². The first-order chi connectivity index (χ1) is 10.7. The van der Waals surface area contributed by atoms with Crippen LogP contribution in [-0.2, 0) is 14.8 Å². The van der Waals surface area contributed by atoms with Gasteiger partial charge in [0, 0.05) is 0 Å². The minimum atomic E-state index is -2.16. The molecule has 0 aliphatic rings. The Morgan fingerprint density at radius 3 is 1.52 bits per heavy atom. The zero-order chi connectivity index (χ0) is 17.1. The molecule has 0 N–H and O–H groups in total. The fourth-order valence-electron chi connectivity index (χ4n) is 2.37. The summed E-state index contributed by atoms with van der Waals surface area (Å²) in [6.07, 6.45) is 0.957. The van der Waals surface area contributed by atoms with E-state index in [1.54, 1.807) is 0 Å². The van der Waals surface area contributed by atoms with E-state index in [1.165, 1.54) is 0 Å². The predicted molar refractivity (Wildman–Crippen MR) is 98.0 cm³/mol. The SMILES string of the molecule is CC(C)(C)[Si](C)(C)OC(C=O)(c1ccccc1)c1ccccc1. The molecule has 2 aromatic rings. The average Bonchev–Trinajstić information content (AvgIpc) is 2.53. The topological polar surface area (TPSA) is 26.3 Å². The third kappa shape index (κ3) is 3.46. The minimum absolute atomic E-state index is 0.0187. The summed E-state index contributed by atoms with van der Waals surface area (Å²) in [7, 11) is -2.16. The molecule has 0 radical (unpaired) electrons. The lowest BCUT2D eigenvalue weighted by atomic mass is 9.88. The van der Waals surface area contributed by atoms with Gasteiger partial charge in [-0.1, -0.05) is 81.4 Å². The zero-order valence-corrected chi connectivity index (χ0v) is 15.7. The van der Waals surface area contributed by atoms with Gasteiger partial charge in [-0.2, -0.15) is 0 Å². The fraction of sp³-hybridized carbons (Fsp3) is 0.350. The summed E-state index contributed by atoms with van der Waals surface area (Å²) in [4.78, 5) is 12.3. The van der Waals surface area contributed by atoms with Gasteiger partial charge in [0.15, 0.2) is 20.2 Å². The maximum Gasteiger partial charge on any atom is 0.194 e. The van der Waals surface area contributed by atoms with Crippen molar-refractivity contribution in [3.05, 3.63) is 71.8 Å². The highest BCUT2D eigenvalue weighted by molar-refractivity contribution is 6.74. The third-order valence-electron chi connectivity index (χ3n) is 4.79. The largest absolute Gasteiger partial charge is 0.398 e. The van der Waals surface area contributed by atoms with Gasteiger partial charge in [0.05, 0.1) is 0 Å². The molecule has 3 heteroatoms. The van der Waals surface area contributed by atoms with Gasteiger partial charge < -0.3 is 4.43 Å². The van der Waals surface area contributed by atoms with E-state index in [0.717, 1.165) is 17.4 Å². The minimum Gasteiger partial charge on any atom is -0.398 e. The van der Waals surface area contributed by atoms with E-state index in [9.17, 15) is 4.79 Å². The first kappa shape index (κ1) is 17.6. The van der Waals surface area contributed by atoms with Crippen LogP contribution in [-0.4, -0.2) is 14.6 Å². The molecule has 0 heterocycles. The monoisotopic (exact) mass is 326 g/mol. The summed E-state index contributed by atoms with van der Waals surface area (Å²) in [6, 6.07) is 19.6. The van der Waals surface area contributed by atoms with Crippen molar-refractivity contribution in [3.63, 3.8) is 0 Å². The molecule has 0 unspecified atom stereocenters. The van der Waals surface area contributed by atoms with Crippen molar-refractivity contribution >= 4 is 14.6 Å². The van der Waals surface area contributed by atoms with Gasteiger partial charge in [0.25, 0.3) is 0 Å². The van der Waals surface area contributed by atoms with Crippen molar-refractivity contribution in [1.29, 1.82) is 0 Å². The number of hydrogen-bond donors (Lipinski definition) is 0. The highest BCUT2D eigenvalue weighted by atomic mass is 28.4. The van der Waals surface area contributed by atoms with Gasteiger partial charge in [-0.05, 0) is 29.3 Å². The molecule has 0 atom stereocenters. The molecule has 0 spiro atoms. The molecular formula is C20H26O2Si. The molecule has 0 saturated carbocycles. The second kappa shape index (κ2) is 6.42. The molecule has 2 nitrogen and oxygen atoms in total. The number of benzene rings is 2. The van der Waals surface area contributed by atoms with Crippen LogP contribution in [0.4, 0.5) is 0 Å². The lowest BCUT2D eigenvalue weighted by Crippen LogP contribution is -2.49. The number of hydrogen-bond acceptors (Lipinski definition) is 2. The van der Waals surface area contributed by atoms with Crippen LogP contribution in [0.15, 0.2) is 60.7 Å². The Kier molecular flexibility index (Phi) is 4.92. The van der Waals surface area contributed by atoms with Gasteiger partial charge in [0.2, 0.25) is 0 Å². The molecule has 122 valence electrons. The summed E-state index contributed by atoms with van der Waals surface area (Å²) in [5.74, 6) is 0. The van der Waals surface area contributed by atoms with Crippen LogP contribution in [0.1, 0.15) is 31.9 Å². The molecular weight excluding hydrogens is 300 g/mol. The number of rotatable bonds is 5. The number of carbonyl (C=O) groups is 1. The summed E-state index contributed by atoms with van der Waals surface area (Å²) in [6.45, 7) is 10.9. The molecule has 0 fully saturated rings. The molecule has 0 saturated heterocycles. The molecule has 0 aliphatic carbocycles. The number of aldehydes is 1. The summed E-state index contributed by atoms with van der Waals surface area (Å²) < 4.78 is 6.68. The second-order valence-corrected chi connectivity index (χ2v) is 12.2. The second-order valence-electron chi connectivity index (χ2n) is 7.45. The van der Waals surface area contributed by atoms with Crippen molar-refractivity contribution in [2.75, 3.05) is 0 Å². The maximum atomic E-state index is 12.3. The Bertz CT molecular complexity index is 603. The van der Waals surface area contributed by atoms with Crippen LogP contribution in [0, 0.1) is 0 Å². The third-order valence-corrected chi connectivity index (χ3v) is 9.24. The Hall–Kier alpha value is -1.71. The van der Waals surface area contributed by atoms with Crippen molar-refractivity contribution < 1.29 is 9.22 Å². The van der Waals surface area contributed by atoms with Crippen LogP contribution < -0.4 is 0 Å². The van der Waals surface area contributed by atoms with E-state index in [4.69, 9.17) is 4.43 Å². The Morgan fingerprint density at radius 2 is 1.22 bits per heavy atom. The van der Waals surface area contributed by atoms with E-state index in [2.05, 4.69) is 33.9 Å². The van der Waals surface area contributed by atoms with Crippen molar-refractivity contribution in [1.82, 2.24) is 0 Å². The predicted octanol–water partition coefficient (Wildman–Crippen LogP) is 5.15. The van der Waals surface area contributed by atoms with Crippen LogP contribution in [0.2, 0.25) is 18.1 Å². The highest BCUT2D eigenvalue weighted by Gasteiger charge is 2.46. The van der Waals surface area contributed by atoms with Gasteiger partial charge >= 0.3 is 0 Å². The van der Waals surface area contributed by atoms with Gasteiger partial charge in [-0.3, -0.25) is 4.79 Å². The van der Waals surface area contributed by atoms with E-state index >= 15 is 0 Å². The van der Waals surface area contributed by atoms with Crippen LogP contribution in [0.25, 0.3) is 0 Å². The van der Waals surface area contributed by atoms with Gasteiger partial charge in [0.1, 0.15) is 0 Å². The van der Waals surface area contributed by atoms with Gasteiger partial charge in [-0.15, -0.1) is 0 Å². The van der Waals surface area contributed by atoms with Crippen molar-refractivity contribution in [2.24, 2.45) is 0 Å². The summed E-state index contributed by atoms with van der Waals surface area (Å²) >= 11 is 0. The molecule has 0 aromatic heterocycles. The maximum absolute atomic E-state index is 12.3. The average molecular weight is 327 g/mol. The Morgan fingerprint density at radius 1 is 0.826 bits per heavy atom. The fourth-order valence-corrected chi connectivity index (χ4v) is 3.77. The molecule has 0 amide bonds. The first-order valence-corrected chi connectivity index (χ1v) is 10.9. The van der Waals surface area contributed by atoms with Crippen LogP contribution >= 0.6 is 0 Å². The van der Waals surface area contributed by atoms with E-state index < -0.39 is 13.9 Å². The highest BCUT2D eigenvalue weighted by Crippen LogP contribution is 2.43. The Balaban J connectivity index is 2.63. The molecule has 0 bridgehead atoms. The smallest absolute Gasteiger partial charge is 0.194 e. The van der Waals surface area contributed by atoms with Crippen molar-refractivity contribution in [3.8, 4) is 0 Å². The standard InChI is InChI=1S/C20H26O2Si/c1-19(2,3)23(4,5)22-20(16-21,17-12-8-6-9-13-17)18-14-10-7-11-15-18/h6-16H,1-5H3. The van der Waals surface area contributed by atoms with Crippen molar-refractivity contribution in [2.45, 2.75) is 44.5 Å². The zero-order valence-electron chi connectivity index (χ0n) is 14.7. The lowest BCUT2D eigenvalue weighted by Gasteiger charge is -2.43. The molecule has 0 aliphatic heterocycles. The van der Waals surface area contributed by atoms with Gasteiger partial charge in [-0.25, -0.2) is 0 Å². The molecule has 23 heavy (non-hydrogen) atoms. The molecule has 2 rings (SSSR count). The summed E-state index contributed by atoms with van der Waals surface area (Å²) in [5.41, 5.74) is 0.711. The first-order valence-electron chi connectivity index (χ1n) is 8.00.